The van der Waals surface area contributed by atoms with E-state index < -0.39 is 0 Å². The summed E-state index contributed by atoms with van der Waals surface area (Å²) in [7, 11) is 0. The Morgan fingerprint density at radius 3 is 2.89 bits per heavy atom. The Hall–Kier alpha value is -3.04. The van der Waals surface area contributed by atoms with Gasteiger partial charge in [0.05, 0.1) is 29.9 Å². The van der Waals surface area contributed by atoms with Crippen molar-refractivity contribution in [3.8, 4) is 23.3 Å². The van der Waals surface area contributed by atoms with E-state index in [0.717, 1.165) is 28.5 Å². The molecule has 2 N–H and O–H groups in total. The molecule has 6 heteroatoms. The molecule has 0 fully saturated rings. The van der Waals surface area contributed by atoms with Gasteiger partial charge in [-0.05, 0) is 37.9 Å². The Labute approximate surface area is 170 Å². The second-order valence-electron chi connectivity index (χ2n) is 6.26. The number of aromatic nitrogens is 1. The molecule has 3 rings (SSSR count). The Morgan fingerprint density at radius 2 is 2.21 bits per heavy atom. The number of phenols is 2. The van der Waals surface area contributed by atoms with Crippen LogP contribution in [-0.4, -0.2) is 38.8 Å². The molecule has 0 spiro atoms. The van der Waals surface area contributed by atoms with E-state index in [9.17, 15) is 10.2 Å². The van der Waals surface area contributed by atoms with Gasteiger partial charge in [-0.3, -0.25) is 4.99 Å². The number of aliphatic imine (C=N–C) groups is 1. The molecule has 0 saturated carbocycles. The van der Waals surface area contributed by atoms with Crippen LogP contribution in [0.25, 0.3) is 17.5 Å². The summed E-state index contributed by atoms with van der Waals surface area (Å²) >= 11 is 4.57. The average Bonchev–Trinajstić information content (AvgIpc) is 2.98. The summed E-state index contributed by atoms with van der Waals surface area (Å²) in [5, 5.41) is 22.3. The monoisotopic (exact) mass is 393 g/mol. The van der Waals surface area contributed by atoms with Crippen molar-refractivity contribution in [3.05, 3.63) is 52.7 Å². The highest BCUT2D eigenvalue weighted by atomic mass is 32.1. The molecule has 1 aromatic carbocycles. The quantitative estimate of drug-likeness (QED) is 0.292. The van der Waals surface area contributed by atoms with Crippen LogP contribution in [0.4, 0.5) is 0 Å². The minimum atomic E-state index is -0.0136. The molecule has 28 heavy (non-hydrogen) atoms. The smallest absolute Gasteiger partial charge is 0.128 e. The van der Waals surface area contributed by atoms with Crippen LogP contribution >= 0.6 is 12.6 Å². The fourth-order valence-electron chi connectivity index (χ4n) is 3.32. The van der Waals surface area contributed by atoms with Gasteiger partial charge in [0, 0.05) is 41.4 Å². The van der Waals surface area contributed by atoms with Crippen molar-refractivity contribution in [1.82, 2.24) is 9.47 Å². The Morgan fingerprint density at radius 1 is 1.39 bits per heavy atom. The third-order valence-corrected chi connectivity index (χ3v) is 4.94. The van der Waals surface area contributed by atoms with Crippen LogP contribution in [0.15, 0.2) is 41.5 Å². The average molecular weight is 394 g/mol. The van der Waals surface area contributed by atoms with Crippen molar-refractivity contribution in [2.75, 3.05) is 12.4 Å². The van der Waals surface area contributed by atoms with Gasteiger partial charge in [0.1, 0.15) is 11.5 Å². The van der Waals surface area contributed by atoms with E-state index in [-0.39, 0.29) is 11.5 Å². The molecule has 5 nitrogen and oxygen atoms in total. The Kier molecular flexibility index (Phi) is 6.17. The fraction of sp³-hybridized carbons (Fsp3) is 0.227. The zero-order valence-corrected chi connectivity index (χ0v) is 16.7. The van der Waals surface area contributed by atoms with Crippen molar-refractivity contribution in [2.24, 2.45) is 4.99 Å². The first-order chi connectivity index (χ1) is 13.6. The summed E-state index contributed by atoms with van der Waals surface area (Å²) < 4.78 is 2.15. The summed E-state index contributed by atoms with van der Waals surface area (Å²) in [5.41, 5.74) is 2.33. The van der Waals surface area contributed by atoms with E-state index in [2.05, 4.69) is 59.9 Å². The molecule has 1 aliphatic carbocycles. The van der Waals surface area contributed by atoms with Crippen LogP contribution < -0.4 is 10.6 Å². The number of rotatable bonds is 7. The molecule has 0 unspecified atom stereocenters. The van der Waals surface area contributed by atoms with E-state index in [1.165, 1.54) is 6.07 Å². The van der Waals surface area contributed by atoms with Gasteiger partial charge in [0.2, 0.25) is 0 Å². The van der Waals surface area contributed by atoms with E-state index in [1.54, 1.807) is 12.1 Å². The second-order valence-corrected chi connectivity index (χ2v) is 6.54. The molecule has 144 valence electrons. The number of hydrogen-bond donors (Lipinski definition) is 3. The minimum absolute atomic E-state index is 0.00441. The number of nitrogens with zero attached hydrogens (tertiary/aromatic N) is 3. The predicted octanol–water partition coefficient (Wildman–Crippen LogP) is 2.15. The number of aromatic hydroxyl groups is 2. The summed E-state index contributed by atoms with van der Waals surface area (Å²) in [6.07, 6.45) is 6.43. The minimum Gasteiger partial charge on any atom is -0.508 e. The molecule has 0 radical (unpaired) electrons. The van der Waals surface area contributed by atoms with Crippen molar-refractivity contribution in [1.29, 1.82) is 0 Å². The van der Waals surface area contributed by atoms with Crippen molar-refractivity contribution in [3.63, 3.8) is 0 Å². The SMILES string of the molecule is C=NC/C=C(/c1ccc(O)cc1O)N(CS)C1=c2ccn(CC)c2=CC#CC1. The summed E-state index contributed by atoms with van der Waals surface area (Å²) in [6.45, 7) is 6.88. The molecule has 0 atom stereocenters. The number of hydrogen-bond acceptors (Lipinski definition) is 5. The van der Waals surface area contributed by atoms with Gasteiger partial charge in [0.25, 0.3) is 0 Å². The highest BCUT2D eigenvalue weighted by molar-refractivity contribution is 7.80. The first kappa shape index (κ1) is 19.7. The summed E-state index contributed by atoms with van der Waals surface area (Å²) in [6, 6.07) is 6.63. The van der Waals surface area contributed by atoms with Gasteiger partial charge >= 0.3 is 0 Å². The molecule has 0 aliphatic heterocycles. The largest absolute Gasteiger partial charge is 0.508 e. The lowest BCUT2D eigenvalue weighted by Crippen LogP contribution is -2.35. The molecule has 1 heterocycles. The lowest BCUT2D eigenvalue weighted by Gasteiger charge is -2.28. The molecular formula is C22H23N3O2S. The summed E-state index contributed by atoms with van der Waals surface area (Å²) in [4.78, 5) is 5.95. The Bertz CT molecular complexity index is 1100. The van der Waals surface area contributed by atoms with E-state index in [0.29, 0.717) is 24.4 Å². The first-order valence-electron chi connectivity index (χ1n) is 9.01. The zero-order valence-electron chi connectivity index (χ0n) is 15.8. The highest BCUT2D eigenvalue weighted by Gasteiger charge is 2.19. The van der Waals surface area contributed by atoms with Gasteiger partial charge < -0.3 is 19.7 Å². The topological polar surface area (TPSA) is 61.0 Å². The maximum Gasteiger partial charge on any atom is 0.128 e. The van der Waals surface area contributed by atoms with Crippen molar-refractivity contribution >= 4 is 36.8 Å². The first-order valence-corrected chi connectivity index (χ1v) is 9.64. The molecule has 2 aromatic rings. The van der Waals surface area contributed by atoms with Gasteiger partial charge in [0.15, 0.2) is 0 Å². The molecule has 0 bridgehead atoms. The number of thiol groups is 1. The van der Waals surface area contributed by atoms with Crippen LogP contribution in [-0.2, 0) is 6.54 Å². The van der Waals surface area contributed by atoms with Gasteiger partial charge in [-0.2, -0.15) is 12.6 Å². The van der Waals surface area contributed by atoms with Gasteiger partial charge in [-0.25, -0.2) is 0 Å². The zero-order chi connectivity index (χ0) is 20.1. The van der Waals surface area contributed by atoms with Crippen molar-refractivity contribution < 1.29 is 10.2 Å². The standard InChI is InChI=1S/C22H23N3O2S/c1-3-24-13-11-17-19(24)6-4-5-7-20(17)25(15-28)21(10-12-23-2)18-9-8-16(26)14-22(18)27/h6,8-11,13-14,26-28H,2-3,7,12,15H2,1H3/b21-10-. The van der Waals surface area contributed by atoms with Gasteiger partial charge in [-0.15, -0.1) is 0 Å². The van der Waals surface area contributed by atoms with Crippen LogP contribution in [0.3, 0.4) is 0 Å². The third kappa shape index (κ3) is 3.80. The van der Waals surface area contributed by atoms with E-state index in [4.69, 9.17) is 0 Å². The van der Waals surface area contributed by atoms with Crippen LogP contribution in [0, 0.1) is 11.8 Å². The third-order valence-electron chi connectivity index (χ3n) is 4.65. The summed E-state index contributed by atoms with van der Waals surface area (Å²) in [5.74, 6) is 6.68. The van der Waals surface area contributed by atoms with Crippen LogP contribution in [0.5, 0.6) is 11.5 Å². The molecule has 1 aliphatic rings. The lowest BCUT2D eigenvalue weighted by atomic mass is 10.1. The predicted molar refractivity (Wildman–Crippen MR) is 117 cm³/mol. The number of phenolic OH excluding ortho intramolecular Hbond substituents is 2. The van der Waals surface area contributed by atoms with E-state index in [1.807, 2.05) is 17.1 Å². The number of benzene rings is 1. The molecule has 1 aromatic heterocycles. The van der Waals surface area contributed by atoms with Gasteiger partial charge in [-0.1, -0.05) is 11.8 Å². The maximum atomic E-state index is 10.5. The van der Waals surface area contributed by atoms with Crippen molar-refractivity contribution in [2.45, 2.75) is 19.9 Å². The fourth-order valence-corrected chi connectivity index (χ4v) is 3.64. The maximum absolute atomic E-state index is 10.5. The highest BCUT2D eigenvalue weighted by Crippen LogP contribution is 2.33. The lowest BCUT2D eigenvalue weighted by molar-refractivity contribution is 0.448. The normalized spacial score (nSPS) is 13.1. The number of fused-ring (bicyclic) bond motifs is 1. The van der Waals surface area contributed by atoms with Crippen LogP contribution in [0.2, 0.25) is 0 Å². The molecule has 0 amide bonds. The molecule has 0 saturated heterocycles. The van der Waals surface area contributed by atoms with E-state index >= 15 is 0 Å². The number of aryl methyl sites for hydroxylation is 1. The molecular weight excluding hydrogens is 370 g/mol. The van der Waals surface area contributed by atoms with Crippen LogP contribution in [0.1, 0.15) is 18.9 Å². The second kappa shape index (κ2) is 8.77. The Balaban J connectivity index is 2.24.